The summed E-state index contributed by atoms with van der Waals surface area (Å²) in [7, 11) is -2.62. The minimum atomic E-state index is -2.62. The Bertz CT molecular complexity index is 728. The summed E-state index contributed by atoms with van der Waals surface area (Å²) in [4.78, 5) is 22.7. The molecule has 0 atom stereocenters. The highest BCUT2D eigenvalue weighted by molar-refractivity contribution is 8.23. The Labute approximate surface area is 167 Å². The van der Waals surface area contributed by atoms with Crippen molar-refractivity contribution in [2.45, 2.75) is 75.2 Å². The standard InChI is InChI=1S/C20H31N3O4S/c24-18(25)7-3-4-14-8-10-23(11-9-14)20-16-12-28(26,27)13-17(16)21-19(22-20)15-5-1-2-6-15/h14-15,26-27H,1-13H2,(H,24,25). The molecule has 156 valence electrons. The van der Waals surface area contributed by atoms with Gasteiger partial charge >= 0.3 is 5.97 Å². The maximum atomic E-state index is 10.7. The molecule has 2 fully saturated rings. The highest BCUT2D eigenvalue weighted by Crippen LogP contribution is 2.54. The molecule has 2 aliphatic heterocycles. The summed E-state index contributed by atoms with van der Waals surface area (Å²) in [5.74, 6) is 2.62. The van der Waals surface area contributed by atoms with Crippen molar-refractivity contribution in [2.75, 3.05) is 18.0 Å². The van der Waals surface area contributed by atoms with Gasteiger partial charge in [-0.05, 0) is 44.4 Å². The van der Waals surface area contributed by atoms with Crippen LogP contribution >= 0.6 is 10.6 Å². The van der Waals surface area contributed by atoms with Crippen molar-refractivity contribution in [3.05, 3.63) is 17.1 Å². The van der Waals surface area contributed by atoms with E-state index in [1.807, 2.05) is 0 Å². The lowest BCUT2D eigenvalue weighted by atomic mass is 9.91. The Morgan fingerprint density at radius 1 is 1.07 bits per heavy atom. The van der Waals surface area contributed by atoms with Crippen LogP contribution in [0.4, 0.5) is 5.82 Å². The fourth-order valence-electron chi connectivity index (χ4n) is 4.91. The SMILES string of the molecule is O=C(O)CCCC1CCN(c2nc(C3CCCC3)nc3c2CS(O)(O)C3)CC1. The topological polar surface area (TPSA) is 107 Å². The van der Waals surface area contributed by atoms with Crippen LogP contribution in [0.15, 0.2) is 0 Å². The average molecular weight is 410 g/mol. The second-order valence-corrected chi connectivity index (χ2v) is 10.8. The number of aliphatic carboxylic acids is 1. The molecule has 1 aliphatic carbocycles. The Hall–Kier alpha value is -1.38. The van der Waals surface area contributed by atoms with E-state index in [1.54, 1.807) is 0 Å². The molecule has 1 aromatic heterocycles. The molecule has 0 radical (unpaired) electrons. The third-order valence-corrected chi connectivity index (χ3v) is 7.96. The maximum Gasteiger partial charge on any atom is 0.303 e. The van der Waals surface area contributed by atoms with Crippen molar-refractivity contribution in [1.29, 1.82) is 0 Å². The van der Waals surface area contributed by atoms with Crippen LogP contribution in [0.2, 0.25) is 0 Å². The van der Waals surface area contributed by atoms with Gasteiger partial charge in [0.25, 0.3) is 0 Å². The number of carbonyl (C=O) groups is 1. The summed E-state index contributed by atoms with van der Waals surface area (Å²) >= 11 is 0. The van der Waals surface area contributed by atoms with Crippen molar-refractivity contribution in [3.63, 3.8) is 0 Å². The van der Waals surface area contributed by atoms with Gasteiger partial charge in [0.05, 0.1) is 17.2 Å². The molecule has 3 aliphatic rings. The zero-order valence-electron chi connectivity index (χ0n) is 16.3. The van der Waals surface area contributed by atoms with E-state index in [9.17, 15) is 13.9 Å². The number of fused-ring (bicyclic) bond motifs is 1. The number of aromatic nitrogens is 2. The van der Waals surface area contributed by atoms with Gasteiger partial charge in [-0.1, -0.05) is 12.8 Å². The Kier molecular flexibility index (Phi) is 5.81. The van der Waals surface area contributed by atoms with Gasteiger partial charge in [-0.25, -0.2) is 9.97 Å². The van der Waals surface area contributed by atoms with Crippen LogP contribution < -0.4 is 4.90 Å². The summed E-state index contributed by atoms with van der Waals surface area (Å²) in [6, 6.07) is 0. The Morgan fingerprint density at radius 3 is 2.46 bits per heavy atom. The maximum absolute atomic E-state index is 10.7. The molecule has 28 heavy (non-hydrogen) atoms. The number of hydrogen-bond donors (Lipinski definition) is 3. The first-order chi connectivity index (χ1) is 13.4. The molecule has 3 heterocycles. The molecular weight excluding hydrogens is 378 g/mol. The van der Waals surface area contributed by atoms with E-state index in [0.29, 0.717) is 11.8 Å². The zero-order chi connectivity index (χ0) is 19.7. The van der Waals surface area contributed by atoms with Gasteiger partial charge < -0.3 is 10.0 Å². The van der Waals surface area contributed by atoms with Crippen molar-refractivity contribution < 1.29 is 19.0 Å². The summed E-state index contributed by atoms with van der Waals surface area (Å²) in [6.45, 7) is 1.79. The predicted octanol–water partition coefficient (Wildman–Crippen LogP) is 4.37. The highest BCUT2D eigenvalue weighted by atomic mass is 32.3. The first-order valence-corrected chi connectivity index (χ1v) is 12.4. The van der Waals surface area contributed by atoms with Crippen LogP contribution in [0.25, 0.3) is 0 Å². The lowest BCUT2D eigenvalue weighted by molar-refractivity contribution is -0.137. The van der Waals surface area contributed by atoms with Crippen LogP contribution in [0, 0.1) is 5.92 Å². The molecule has 1 saturated carbocycles. The van der Waals surface area contributed by atoms with Crippen LogP contribution in [0.3, 0.4) is 0 Å². The Morgan fingerprint density at radius 2 is 1.79 bits per heavy atom. The van der Waals surface area contributed by atoms with Gasteiger partial charge in [-0.3, -0.25) is 13.9 Å². The monoisotopic (exact) mass is 409 g/mol. The summed E-state index contributed by atoms with van der Waals surface area (Å²) in [5, 5.41) is 8.82. The number of carboxylic acid groups (broad SMARTS) is 1. The van der Waals surface area contributed by atoms with E-state index >= 15 is 0 Å². The van der Waals surface area contributed by atoms with Gasteiger partial charge in [0.1, 0.15) is 11.6 Å². The van der Waals surface area contributed by atoms with E-state index < -0.39 is 16.6 Å². The second-order valence-electron chi connectivity index (χ2n) is 8.62. The fourth-order valence-corrected chi connectivity index (χ4v) is 6.44. The molecular formula is C20H31N3O4S. The van der Waals surface area contributed by atoms with E-state index in [-0.39, 0.29) is 17.9 Å². The second kappa shape index (κ2) is 8.16. The number of carboxylic acids is 1. The number of rotatable bonds is 6. The third-order valence-electron chi connectivity index (χ3n) is 6.47. The van der Waals surface area contributed by atoms with Crippen molar-refractivity contribution in [1.82, 2.24) is 9.97 Å². The molecule has 1 saturated heterocycles. The lowest BCUT2D eigenvalue weighted by Gasteiger charge is -2.34. The van der Waals surface area contributed by atoms with Gasteiger partial charge in [0.15, 0.2) is 0 Å². The van der Waals surface area contributed by atoms with Crippen LogP contribution in [-0.4, -0.2) is 43.2 Å². The molecule has 0 spiro atoms. The molecule has 0 amide bonds. The molecule has 0 aromatic carbocycles. The first-order valence-electron chi connectivity index (χ1n) is 10.5. The highest BCUT2D eigenvalue weighted by Gasteiger charge is 2.34. The van der Waals surface area contributed by atoms with Gasteiger partial charge in [0.2, 0.25) is 0 Å². The van der Waals surface area contributed by atoms with Crippen molar-refractivity contribution in [2.24, 2.45) is 5.92 Å². The molecule has 1 aromatic rings. The quantitative estimate of drug-likeness (QED) is 0.640. The smallest absolute Gasteiger partial charge is 0.303 e. The normalized spacial score (nSPS) is 23.7. The van der Waals surface area contributed by atoms with Crippen LogP contribution in [0.1, 0.15) is 80.8 Å². The van der Waals surface area contributed by atoms with E-state index in [0.717, 1.165) is 74.5 Å². The van der Waals surface area contributed by atoms with Gasteiger partial charge in [-0.15, -0.1) is 0 Å². The number of piperidine rings is 1. The minimum Gasteiger partial charge on any atom is -0.481 e. The third kappa shape index (κ3) is 4.44. The fraction of sp³-hybridized carbons (Fsp3) is 0.750. The molecule has 7 nitrogen and oxygen atoms in total. The van der Waals surface area contributed by atoms with Crippen LogP contribution in [-0.2, 0) is 16.3 Å². The van der Waals surface area contributed by atoms with Crippen LogP contribution in [0.5, 0.6) is 0 Å². The largest absolute Gasteiger partial charge is 0.481 e. The number of nitrogens with zero attached hydrogens (tertiary/aromatic N) is 3. The van der Waals surface area contributed by atoms with E-state index in [4.69, 9.17) is 15.1 Å². The lowest BCUT2D eigenvalue weighted by Crippen LogP contribution is -2.35. The molecule has 0 bridgehead atoms. The van der Waals surface area contributed by atoms with Gasteiger partial charge in [0, 0.05) is 31.0 Å². The molecule has 3 N–H and O–H groups in total. The summed E-state index contributed by atoms with van der Waals surface area (Å²) < 4.78 is 20.6. The average Bonchev–Trinajstić information content (AvgIpc) is 3.27. The van der Waals surface area contributed by atoms with E-state index in [1.165, 1.54) is 12.8 Å². The zero-order valence-corrected chi connectivity index (χ0v) is 17.2. The van der Waals surface area contributed by atoms with E-state index in [2.05, 4.69) is 4.90 Å². The van der Waals surface area contributed by atoms with Crippen molar-refractivity contribution in [3.8, 4) is 0 Å². The number of hydrogen-bond acceptors (Lipinski definition) is 6. The molecule has 8 heteroatoms. The number of anilines is 1. The Balaban J connectivity index is 1.49. The van der Waals surface area contributed by atoms with Gasteiger partial charge in [-0.2, -0.15) is 10.6 Å². The minimum absolute atomic E-state index is 0.252. The van der Waals surface area contributed by atoms with Crippen molar-refractivity contribution >= 4 is 22.4 Å². The summed E-state index contributed by atoms with van der Waals surface area (Å²) in [5.41, 5.74) is 1.78. The molecule has 4 rings (SSSR count). The molecule has 0 unspecified atom stereocenters. The first kappa shape index (κ1) is 19.9. The predicted molar refractivity (Wildman–Crippen MR) is 110 cm³/mol. The summed E-state index contributed by atoms with van der Waals surface area (Å²) in [6.07, 6.45) is 8.73.